The van der Waals surface area contributed by atoms with E-state index in [1.54, 1.807) is 35.2 Å². The van der Waals surface area contributed by atoms with Crippen LogP contribution < -0.4 is 5.32 Å². The largest absolute Gasteiger partial charge is 0.352 e. The van der Waals surface area contributed by atoms with Gasteiger partial charge in [0.2, 0.25) is 21.8 Å². The van der Waals surface area contributed by atoms with Gasteiger partial charge in [-0.3, -0.25) is 9.59 Å². The van der Waals surface area contributed by atoms with Crippen LogP contribution in [0.25, 0.3) is 0 Å². The minimum atomic E-state index is -3.65. The number of carbonyl (C=O) groups excluding carboxylic acids is 2. The third-order valence-corrected chi connectivity index (χ3v) is 8.93. The van der Waals surface area contributed by atoms with E-state index >= 15 is 0 Å². The summed E-state index contributed by atoms with van der Waals surface area (Å²) in [4.78, 5) is 29.2. The number of rotatable bonds is 14. The molecule has 0 bridgehead atoms. The van der Waals surface area contributed by atoms with Crippen molar-refractivity contribution < 1.29 is 18.0 Å². The van der Waals surface area contributed by atoms with E-state index in [0.717, 1.165) is 23.1 Å². The average molecular weight is 564 g/mol. The Balaban J connectivity index is 1.83. The van der Waals surface area contributed by atoms with Gasteiger partial charge in [0.25, 0.3) is 0 Å². The highest BCUT2D eigenvalue weighted by atomic mass is 32.2. The Labute approximate surface area is 239 Å². The zero-order valence-corrected chi connectivity index (χ0v) is 24.7. The summed E-state index contributed by atoms with van der Waals surface area (Å²) in [6, 6.07) is 25.1. The lowest BCUT2D eigenvalue weighted by Gasteiger charge is -2.32. The molecule has 3 aromatic rings. The van der Waals surface area contributed by atoms with E-state index in [4.69, 9.17) is 0 Å². The van der Waals surface area contributed by atoms with Gasteiger partial charge in [-0.15, -0.1) is 0 Å². The van der Waals surface area contributed by atoms with E-state index < -0.39 is 16.1 Å². The molecule has 3 rings (SSSR count). The Morgan fingerprint density at radius 3 is 2.08 bits per heavy atom. The highest BCUT2D eigenvalue weighted by molar-refractivity contribution is 7.89. The maximum absolute atomic E-state index is 13.8. The van der Waals surface area contributed by atoms with Crippen LogP contribution >= 0.6 is 0 Å². The lowest BCUT2D eigenvalue weighted by molar-refractivity contribution is -0.141. The SMILES string of the molecule is CC[C@@H](C)NC(=O)[C@H](Cc1ccccc1)N(Cc1ccc(C)cc1)C(=O)CCCN(C)S(=O)(=O)c1ccccc1. The first-order chi connectivity index (χ1) is 19.1. The number of benzene rings is 3. The number of sulfonamides is 1. The quantitative estimate of drug-likeness (QED) is 0.301. The smallest absolute Gasteiger partial charge is 0.243 e. The van der Waals surface area contributed by atoms with Crippen molar-refractivity contribution in [3.8, 4) is 0 Å². The summed E-state index contributed by atoms with van der Waals surface area (Å²) in [7, 11) is -2.13. The number of amides is 2. The molecule has 8 heteroatoms. The van der Waals surface area contributed by atoms with Crippen LogP contribution in [0.2, 0.25) is 0 Å². The molecule has 0 aromatic heterocycles. The predicted octanol–water partition coefficient (Wildman–Crippen LogP) is 4.95. The van der Waals surface area contributed by atoms with Gasteiger partial charge in [-0.05, 0) is 49.9 Å². The minimum Gasteiger partial charge on any atom is -0.352 e. The lowest BCUT2D eigenvalue weighted by atomic mass is 10.0. The first kappa shape index (κ1) is 31.0. The zero-order chi connectivity index (χ0) is 29.1. The van der Waals surface area contributed by atoms with Crippen LogP contribution in [0.1, 0.15) is 49.8 Å². The molecule has 1 N–H and O–H groups in total. The molecule has 0 heterocycles. The molecule has 0 fully saturated rings. The molecule has 40 heavy (non-hydrogen) atoms. The van der Waals surface area contributed by atoms with E-state index in [9.17, 15) is 18.0 Å². The number of nitrogens with one attached hydrogen (secondary N) is 1. The molecule has 2 amide bonds. The van der Waals surface area contributed by atoms with Crippen LogP contribution in [0.5, 0.6) is 0 Å². The Hall–Kier alpha value is -3.49. The van der Waals surface area contributed by atoms with E-state index in [2.05, 4.69) is 5.32 Å². The predicted molar refractivity (Wildman–Crippen MR) is 159 cm³/mol. The zero-order valence-electron chi connectivity index (χ0n) is 23.9. The average Bonchev–Trinajstić information content (AvgIpc) is 2.96. The maximum atomic E-state index is 13.8. The second kappa shape index (κ2) is 14.8. The van der Waals surface area contributed by atoms with Crippen molar-refractivity contribution in [3.05, 3.63) is 102 Å². The maximum Gasteiger partial charge on any atom is 0.243 e. The highest BCUT2D eigenvalue weighted by Gasteiger charge is 2.31. The fraction of sp³-hybridized carbons (Fsp3) is 0.375. The van der Waals surface area contributed by atoms with E-state index in [0.29, 0.717) is 12.8 Å². The molecular formula is C32H41N3O4S. The molecule has 0 aliphatic heterocycles. The van der Waals surface area contributed by atoms with Crippen molar-refractivity contribution in [2.75, 3.05) is 13.6 Å². The number of hydrogen-bond donors (Lipinski definition) is 1. The molecule has 214 valence electrons. The van der Waals surface area contributed by atoms with Crippen molar-refractivity contribution in [2.45, 2.75) is 70.0 Å². The Kier molecular flexibility index (Phi) is 11.5. The first-order valence-electron chi connectivity index (χ1n) is 13.8. The second-order valence-electron chi connectivity index (χ2n) is 10.3. The summed E-state index contributed by atoms with van der Waals surface area (Å²) in [5.74, 6) is -0.381. The van der Waals surface area contributed by atoms with E-state index in [1.165, 1.54) is 11.4 Å². The number of nitrogens with zero attached hydrogens (tertiary/aromatic N) is 2. The fourth-order valence-electron chi connectivity index (χ4n) is 4.37. The van der Waals surface area contributed by atoms with Gasteiger partial charge in [-0.25, -0.2) is 12.7 Å². The van der Waals surface area contributed by atoms with E-state index in [1.807, 2.05) is 75.4 Å². The molecule has 2 atom stereocenters. The summed E-state index contributed by atoms with van der Waals surface area (Å²) in [5, 5.41) is 3.07. The summed E-state index contributed by atoms with van der Waals surface area (Å²) in [6.07, 6.45) is 1.60. The van der Waals surface area contributed by atoms with Crippen LogP contribution in [0, 0.1) is 6.92 Å². The van der Waals surface area contributed by atoms with Crippen LogP contribution in [-0.4, -0.2) is 55.1 Å². The lowest BCUT2D eigenvalue weighted by Crippen LogP contribution is -2.52. The normalized spacial score (nSPS) is 13.0. The van der Waals surface area contributed by atoms with Gasteiger partial charge >= 0.3 is 0 Å². The number of aryl methyl sites for hydroxylation is 1. The van der Waals surface area contributed by atoms with Crippen LogP contribution in [0.4, 0.5) is 0 Å². The summed E-state index contributed by atoms with van der Waals surface area (Å²) >= 11 is 0. The first-order valence-corrected chi connectivity index (χ1v) is 15.3. The van der Waals surface area contributed by atoms with Crippen LogP contribution in [-0.2, 0) is 32.6 Å². The molecular weight excluding hydrogens is 522 g/mol. The molecule has 0 radical (unpaired) electrons. The summed E-state index contributed by atoms with van der Waals surface area (Å²) in [6.45, 7) is 6.43. The van der Waals surface area contributed by atoms with Crippen molar-refractivity contribution >= 4 is 21.8 Å². The van der Waals surface area contributed by atoms with Crippen molar-refractivity contribution in [1.82, 2.24) is 14.5 Å². The summed E-state index contributed by atoms with van der Waals surface area (Å²) < 4.78 is 27.1. The Morgan fingerprint density at radius 1 is 0.875 bits per heavy atom. The van der Waals surface area contributed by atoms with Gasteiger partial charge in [-0.1, -0.05) is 85.3 Å². The van der Waals surface area contributed by atoms with Gasteiger partial charge < -0.3 is 10.2 Å². The molecule has 0 saturated heterocycles. The van der Waals surface area contributed by atoms with Gasteiger partial charge in [0, 0.05) is 39.0 Å². The molecule has 0 aliphatic carbocycles. The van der Waals surface area contributed by atoms with Crippen LogP contribution in [0.15, 0.2) is 89.8 Å². The Bertz CT molecular complexity index is 1330. The van der Waals surface area contributed by atoms with Gasteiger partial charge in [0.15, 0.2) is 0 Å². The molecule has 0 saturated carbocycles. The Morgan fingerprint density at radius 2 is 1.48 bits per heavy atom. The summed E-state index contributed by atoms with van der Waals surface area (Å²) in [5.41, 5.74) is 3.00. The van der Waals surface area contributed by atoms with Gasteiger partial charge in [0.05, 0.1) is 4.90 Å². The standard InChI is InChI=1S/C32H41N3O4S/c1-5-26(3)33-32(37)30(23-27-13-8-6-9-14-27)35(24-28-20-18-25(2)19-21-28)31(36)17-12-22-34(4)40(38,39)29-15-10-7-11-16-29/h6-11,13-16,18-21,26,30H,5,12,17,22-24H2,1-4H3,(H,33,37)/t26-,30+/m1/s1. The second-order valence-corrected chi connectivity index (χ2v) is 12.3. The van der Waals surface area contributed by atoms with Gasteiger partial charge in [-0.2, -0.15) is 0 Å². The van der Waals surface area contributed by atoms with E-state index in [-0.39, 0.29) is 42.3 Å². The van der Waals surface area contributed by atoms with Crippen molar-refractivity contribution in [2.24, 2.45) is 0 Å². The molecule has 0 aliphatic rings. The number of carbonyl (C=O) groups is 2. The molecule has 0 spiro atoms. The van der Waals surface area contributed by atoms with Gasteiger partial charge in [0.1, 0.15) is 6.04 Å². The molecule has 3 aromatic carbocycles. The third kappa shape index (κ3) is 8.76. The topological polar surface area (TPSA) is 86.8 Å². The monoisotopic (exact) mass is 563 g/mol. The van der Waals surface area contributed by atoms with Crippen molar-refractivity contribution in [1.29, 1.82) is 0 Å². The van der Waals surface area contributed by atoms with Crippen molar-refractivity contribution in [3.63, 3.8) is 0 Å². The fourth-order valence-corrected chi connectivity index (χ4v) is 5.60. The number of hydrogen-bond acceptors (Lipinski definition) is 4. The van der Waals surface area contributed by atoms with Crippen LogP contribution in [0.3, 0.4) is 0 Å². The molecule has 0 unspecified atom stereocenters. The minimum absolute atomic E-state index is 0.0288. The third-order valence-electron chi connectivity index (χ3n) is 7.06. The highest BCUT2D eigenvalue weighted by Crippen LogP contribution is 2.19. The molecule has 7 nitrogen and oxygen atoms in total.